The van der Waals surface area contributed by atoms with Crippen molar-refractivity contribution in [2.24, 2.45) is 11.8 Å². The second-order valence-electron chi connectivity index (χ2n) is 7.77. The third-order valence-corrected chi connectivity index (χ3v) is 6.11. The molecule has 5 heteroatoms. The Kier molecular flexibility index (Phi) is 6.00. The average molecular weight is 409 g/mol. The number of hydrogen-bond donors (Lipinski definition) is 1. The number of halogens is 1. The van der Waals surface area contributed by atoms with Gasteiger partial charge in [-0.15, -0.1) is 0 Å². The summed E-state index contributed by atoms with van der Waals surface area (Å²) < 4.78 is 6.31. The van der Waals surface area contributed by atoms with Crippen LogP contribution in [0.1, 0.15) is 32.6 Å². The predicted molar refractivity (Wildman–Crippen MR) is 117 cm³/mol. The molecule has 3 aromatic rings. The zero-order valence-corrected chi connectivity index (χ0v) is 17.2. The minimum Gasteiger partial charge on any atom is -0.490 e. The number of benzene rings is 2. The van der Waals surface area contributed by atoms with Gasteiger partial charge in [-0.25, -0.2) is 0 Å². The van der Waals surface area contributed by atoms with Gasteiger partial charge in [-0.1, -0.05) is 30.7 Å². The molecule has 4 nitrogen and oxygen atoms in total. The third kappa shape index (κ3) is 4.70. The Morgan fingerprint density at radius 2 is 1.79 bits per heavy atom. The lowest BCUT2D eigenvalue weighted by molar-refractivity contribution is -0.121. The molecule has 1 saturated carbocycles. The maximum Gasteiger partial charge on any atom is 0.227 e. The van der Waals surface area contributed by atoms with Crippen molar-refractivity contribution in [2.75, 3.05) is 5.32 Å². The largest absolute Gasteiger partial charge is 0.490 e. The van der Waals surface area contributed by atoms with Gasteiger partial charge in [0.2, 0.25) is 5.91 Å². The van der Waals surface area contributed by atoms with Crippen LogP contribution in [-0.2, 0) is 4.79 Å². The molecule has 0 saturated heterocycles. The molecule has 1 atom stereocenters. The highest BCUT2D eigenvalue weighted by Gasteiger charge is 2.30. The fourth-order valence-corrected chi connectivity index (χ4v) is 4.19. The van der Waals surface area contributed by atoms with Crippen LogP contribution in [0.15, 0.2) is 60.8 Å². The van der Waals surface area contributed by atoms with Crippen LogP contribution < -0.4 is 10.1 Å². The summed E-state index contributed by atoms with van der Waals surface area (Å²) in [5.74, 6) is 1.30. The van der Waals surface area contributed by atoms with Crippen LogP contribution in [0.25, 0.3) is 10.9 Å². The van der Waals surface area contributed by atoms with E-state index >= 15 is 0 Å². The molecule has 150 valence electrons. The first-order valence-electron chi connectivity index (χ1n) is 10.2. The molecule has 0 unspecified atom stereocenters. The lowest BCUT2D eigenvalue weighted by Crippen LogP contribution is -2.32. The van der Waals surface area contributed by atoms with Crippen molar-refractivity contribution in [3.8, 4) is 5.75 Å². The van der Waals surface area contributed by atoms with Crippen molar-refractivity contribution in [2.45, 2.75) is 38.7 Å². The smallest absolute Gasteiger partial charge is 0.227 e. The molecule has 1 N–H and O–H groups in total. The molecule has 0 spiro atoms. The number of nitrogens with one attached hydrogen (secondary N) is 1. The van der Waals surface area contributed by atoms with E-state index in [-0.39, 0.29) is 17.9 Å². The number of anilines is 1. The van der Waals surface area contributed by atoms with Crippen molar-refractivity contribution in [3.63, 3.8) is 0 Å². The van der Waals surface area contributed by atoms with Crippen molar-refractivity contribution < 1.29 is 9.53 Å². The molecular weight excluding hydrogens is 384 g/mol. The number of aromatic nitrogens is 1. The Bertz CT molecular complexity index is 976. The number of ether oxygens (including phenoxy) is 1. The fourth-order valence-electron chi connectivity index (χ4n) is 4.06. The summed E-state index contributed by atoms with van der Waals surface area (Å²) in [4.78, 5) is 17.0. The monoisotopic (exact) mass is 408 g/mol. The van der Waals surface area contributed by atoms with Crippen molar-refractivity contribution in [1.82, 2.24) is 4.98 Å². The van der Waals surface area contributed by atoms with E-state index in [0.29, 0.717) is 10.9 Å². The number of pyridine rings is 1. The Morgan fingerprint density at radius 1 is 1.07 bits per heavy atom. The van der Waals surface area contributed by atoms with Gasteiger partial charge in [0, 0.05) is 28.2 Å². The fraction of sp³-hybridized carbons (Fsp3) is 0.333. The van der Waals surface area contributed by atoms with E-state index in [1.807, 2.05) is 49.4 Å². The van der Waals surface area contributed by atoms with Crippen LogP contribution >= 0.6 is 11.6 Å². The van der Waals surface area contributed by atoms with E-state index in [4.69, 9.17) is 16.3 Å². The lowest BCUT2D eigenvalue weighted by Gasteiger charge is -2.32. The molecule has 1 fully saturated rings. The van der Waals surface area contributed by atoms with E-state index in [1.165, 1.54) is 0 Å². The van der Waals surface area contributed by atoms with Gasteiger partial charge < -0.3 is 10.1 Å². The van der Waals surface area contributed by atoms with Crippen LogP contribution in [0.5, 0.6) is 5.75 Å². The number of fused-ring (bicyclic) bond motifs is 1. The van der Waals surface area contributed by atoms with E-state index in [2.05, 4.69) is 10.3 Å². The van der Waals surface area contributed by atoms with E-state index < -0.39 is 0 Å². The van der Waals surface area contributed by atoms with Crippen LogP contribution in [0, 0.1) is 11.8 Å². The predicted octanol–water partition coefficient (Wildman–Crippen LogP) is 6.10. The maximum atomic E-state index is 12.6. The van der Waals surface area contributed by atoms with Gasteiger partial charge in [0.15, 0.2) is 0 Å². The Balaban J connectivity index is 1.32. The first kappa shape index (κ1) is 19.7. The standard InChI is InChI=1S/C24H25ClN2O2/c1-16(24(28)27-19-10-8-18(25)9-11-19)17-6-12-20(13-7-17)29-23-14-15-26-22-5-3-2-4-21(22)23/h2-5,8-11,14-17,20H,6-7,12-13H2,1H3,(H,27,28)/t16-,17?,20?/m0/s1. The molecule has 0 bridgehead atoms. The first-order chi connectivity index (χ1) is 14.1. The van der Waals surface area contributed by atoms with Crippen LogP contribution in [0.2, 0.25) is 5.02 Å². The normalized spacial score (nSPS) is 20.2. The highest BCUT2D eigenvalue weighted by molar-refractivity contribution is 6.30. The number of amides is 1. The van der Waals surface area contributed by atoms with E-state index in [9.17, 15) is 4.79 Å². The first-order valence-corrected chi connectivity index (χ1v) is 10.5. The second-order valence-corrected chi connectivity index (χ2v) is 8.20. The van der Waals surface area contributed by atoms with Crippen LogP contribution in [-0.4, -0.2) is 17.0 Å². The maximum absolute atomic E-state index is 12.6. The van der Waals surface area contributed by atoms with E-state index in [0.717, 1.165) is 48.0 Å². The summed E-state index contributed by atoms with van der Waals surface area (Å²) in [6.45, 7) is 2.02. The van der Waals surface area contributed by atoms with Crippen LogP contribution in [0.3, 0.4) is 0 Å². The SMILES string of the molecule is C[C@H](C(=O)Nc1ccc(Cl)cc1)C1CCC(Oc2ccnc3ccccc23)CC1. The van der Waals surface area contributed by atoms with Gasteiger partial charge >= 0.3 is 0 Å². The lowest BCUT2D eigenvalue weighted by atomic mass is 9.79. The van der Waals surface area contributed by atoms with E-state index in [1.54, 1.807) is 18.3 Å². The minimum absolute atomic E-state index is 0.0339. The highest BCUT2D eigenvalue weighted by Crippen LogP contribution is 2.34. The molecule has 4 rings (SSSR count). The highest BCUT2D eigenvalue weighted by atomic mass is 35.5. The van der Waals surface area contributed by atoms with Crippen LogP contribution in [0.4, 0.5) is 5.69 Å². The molecule has 1 amide bonds. The number of hydrogen-bond acceptors (Lipinski definition) is 3. The van der Waals surface area contributed by atoms with Gasteiger partial charge in [-0.05, 0) is 74.1 Å². The summed E-state index contributed by atoms with van der Waals surface area (Å²) >= 11 is 5.91. The number of nitrogens with zero attached hydrogens (tertiary/aromatic N) is 1. The molecule has 29 heavy (non-hydrogen) atoms. The van der Waals surface area contributed by atoms with Crippen molar-refractivity contribution in [3.05, 3.63) is 65.8 Å². The van der Waals surface area contributed by atoms with Gasteiger partial charge in [0.05, 0.1) is 11.6 Å². The van der Waals surface area contributed by atoms with Crippen molar-refractivity contribution >= 4 is 34.1 Å². The Morgan fingerprint density at radius 3 is 2.55 bits per heavy atom. The quantitative estimate of drug-likeness (QED) is 0.554. The summed E-state index contributed by atoms with van der Waals surface area (Å²) in [5.41, 5.74) is 1.74. The number of carbonyl (C=O) groups is 1. The van der Waals surface area contributed by atoms with Gasteiger partial charge in [-0.2, -0.15) is 0 Å². The summed E-state index contributed by atoms with van der Waals surface area (Å²) in [6, 6.07) is 17.2. The average Bonchev–Trinajstić information content (AvgIpc) is 2.75. The number of carbonyl (C=O) groups excluding carboxylic acids is 1. The molecule has 1 aliphatic carbocycles. The minimum atomic E-state index is -0.0339. The topological polar surface area (TPSA) is 51.2 Å². The Labute approximate surface area is 176 Å². The molecule has 1 aliphatic rings. The second kappa shape index (κ2) is 8.83. The molecule has 1 heterocycles. The Hall–Kier alpha value is -2.59. The molecule has 0 aliphatic heterocycles. The molecule has 1 aromatic heterocycles. The molecule has 0 radical (unpaired) electrons. The van der Waals surface area contributed by atoms with Gasteiger partial charge in [0.25, 0.3) is 0 Å². The van der Waals surface area contributed by atoms with Gasteiger partial charge in [0.1, 0.15) is 5.75 Å². The summed E-state index contributed by atoms with van der Waals surface area (Å²) in [6.07, 6.45) is 5.88. The summed E-state index contributed by atoms with van der Waals surface area (Å²) in [5, 5.41) is 4.71. The molecule has 2 aromatic carbocycles. The number of rotatable bonds is 5. The zero-order valence-electron chi connectivity index (χ0n) is 16.5. The zero-order chi connectivity index (χ0) is 20.2. The molecular formula is C24H25ClN2O2. The summed E-state index contributed by atoms with van der Waals surface area (Å²) in [7, 11) is 0. The van der Waals surface area contributed by atoms with Crippen molar-refractivity contribution in [1.29, 1.82) is 0 Å². The van der Waals surface area contributed by atoms with Gasteiger partial charge in [-0.3, -0.25) is 9.78 Å². The number of para-hydroxylation sites is 1. The third-order valence-electron chi connectivity index (χ3n) is 5.85.